The van der Waals surface area contributed by atoms with Crippen molar-refractivity contribution in [1.82, 2.24) is 0 Å². The maximum atomic E-state index is 12.3. The summed E-state index contributed by atoms with van der Waals surface area (Å²) in [6.45, 7) is 0. The standard InChI is InChI=1S/C14H12BF2NO2/c16-15(17)20-14-9-11(18)6-7-12(14)13(19)8-5-10-3-1-2-4-10/h1-9,19H,18H2. The molecule has 0 saturated carbocycles. The lowest BCUT2D eigenvalue weighted by Crippen LogP contribution is -2.10. The fourth-order valence-electron chi connectivity index (χ4n) is 1.71. The monoisotopic (exact) mass is 275 g/mol. The van der Waals surface area contributed by atoms with Crippen molar-refractivity contribution in [1.29, 1.82) is 0 Å². The number of allylic oxidation sites excluding steroid dienone is 7. The summed E-state index contributed by atoms with van der Waals surface area (Å²) in [5.74, 6) is -0.341. The molecule has 102 valence electrons. The molecule has 2 rings (SSSR count). The normalized spacial score (nSPS) is 13.7. The van der Waals surface area contributed by atoms with Crippen LogP contribution in [0.2, 0.25) is 0 Å². The third-order valence-corrected chi connectivity index (χ3v) is 2.62. The van der Waals surface area contributed by atoms with Crippen molar-refractivity contribution >= 4 is 18.9 Å². The number of nitrogens with two attached hydrogens (primary N) is 1. The van der Waals surface area contributed by atoms with E-state index in [0.717, 1.165) is 5.57 Å². The summed E-state index contributed by atoms with van der Waals surface area (Å²) >= 11 is 0. The maximum absolute atomic E-state index is 12.3. The molecule has 0 amide bonds. The first-order valence-electron chi connectivity index (χ1n) is 5.86. The van der Waals surface area contributed by atoms with Gasteiger partial charge in [-0.1, -0.05) is 30.4 Å². The Bertz CT molecular complexity index is 608. The lowest BCUT2D eigenvalue weighted by atomic mass is 10.1. The predicted molar refractivity (Wildman–Crippen MR) is 76.4 cm³/mol. The van der Waals surface area contributed by atoms with Crippen LogP contribution in [0.5, 0.6) is 5.75 Å². The molecular formula is C14H12BF2NO2. The van der Waals surface area contributed by atoms with E-state index in [2.05, 4.69) is 4.65 Å². The van der Waals surface area contributed by atoms with Crippen LogP contribution >= 0.6 is 0 Å². The van der Waals surface area contributed by atoms with Crippen LogP contribution in [0.3, 0.4) is 0 Å². The zero-order valence-electron chi connectivity index (χ0n) is 10.5. The highest BCUT2D eigenvalue weighted by atomic mass is 19.2. The van der Waals surface area contributed by atoms with Crippen molar-refractivity contribution in [2.24, 2.45) is 0 Å². The molecular weight excluding hydrogens is 263 g/mol. The number of halogens is 2. The molecule has 1 aliphatic rings. The number of aliphatic hydroxyl groups excluding tert-OH is 1. The number of aliphatic hydroxyl groups is 1. The van der Waals surface area contributed by atoms with Crippen LogP contribution in [-0.4, -0.2) is 12.6 Å². The van der Waals surface area contributed by atoms with E-state index in [-0.39, 0.29) is 22.8 Å². The Balaban J connectivity index is 2.31. The van der Waals surface area contributed by atoms with Crippen molar-refractivity contribution in [2.45, 2.75) is 0 Å². The largest absolute Gasteiger partial charge is 0.796 e. The quantitative estimate of drug-likeness (QED) is 0.502. The van der Waals surface area contributed by atoms with Crippen LogP contribution in [0.15, 0.2) is 60.2 Å². The van der Waals surface area contributed by atoms with Gasteiger partial charge in [-0.25, -0.2) is 8.63 Å². The zero-order chi connectivity index (χ0) is 14.5. The first-order chi connectivity index (χ1) is 9.56. The number of hydrogen-bond donors (Lipinski definition) is 2. The topological polar surface area (TPSA) is 55.5 Å². The van der Waals surface area contributed by atoms with E-state index in [1.165, 1.54) is 24.3 Å². The van der Waals surface area contributed by atoms with Gasteiger partial charge >= 0.3 is 7.47 Å². The summed E-state index contributed by atoms with van der Waals surface area (Å²) in [7, 11) is -2.98. The Morgan fingerprint density at radius 3 is 2.60 bits per heavy atom. The Hall–Kier alpha value is -2.50. The van der Waals surface area contributed by atoms with Gasteiger partial charge in [0.2, 0.25) is 0 Å². The van der Waals surface area contributed by atoms with Gasteiger partial charge in [0.05, 0.1) is 5.56 Å². The highest BCUT2D eigenvalue weighted by Crippen LogP contribution is 2.28. The SMILES string of the molecule is Nc1ccc(C(O)=CC=C2C=CC=C2)c(OB(F)F)c1. The Labute approximate surface area is 115 Å². The van der Waals surface area contributed by atoms with Gasteiger partial charge in [0.1, 0.15) is 11.5 Å². The van der Waals surface area contributed by atoms with Gasteiger partial charge in [0, 0.05) is 11.8 Å². The van der Waals surface area contributed by atoms with E-state index in [1.807, 2.05) is 24.3 Å². The molecule has 0 aliphatic heterocycles. The molecule has 0 heterocycles. The van der Waals surface area contributed by atoms with Crippen molar-refractivity contribution in [3.05, 3.63) is 65.8 Å². The van der Waals surface area contributed by atoms with Crippen LogP contribution in [0.25, 0.3) is 5.76 Å². The average molecular weight is 275 g/mol. The van der Waals surface area contributed by atoms with Gasteiger partial charge in [-0.15, -0.1) is 0 Å². The van der Waals surface area contributed by atoms with E-state index in [9.17, 15) is 13.7 Å². The molecule has 3 nitrogen and oxygen atoms in total. The van der Waals surface area contributed by atoms with Crippen LogP contribution in [0.4, 0.5) is 14.3 Å². The molecule has 0 atom stereocenters. The Kier molecular flexibility index (Phi) is 4.25. The van der Waals surface area contributed by atoms with E-state index >= 15 is 0 Å². The van der Waals surface area contributed by atoms with Gasteiger partial charge in [-0.05, 0) is 23.8 Å². The molecule has 0 fully saturated rings. The lowest BCUT2D eigenvalue weighted by Gasteiger charge is -2.10. The smallest absolute Gasteiger partial charge is 0.507 e. The minimum atomic E-state index is -2.98. The number of anilines is 1. The van der Waals surface area contributed by atoms with E-state index in [4.69, 9.17) is 5.73 Å². The molecule has 3 N–H and O–H groups in total. The third-order valence-electron chi connectivity index (χ3n) is 2.62. The number of benzene rings is 1. The van der Waals surface area contributed by atoms with E-state index in [0.29, 0.717) is 0 Å². The zero-order valence-corrected chi connectivity index (χ0v) is 10.5. The molecule has 6 heteroatoms. The van der Waals surface area contributed by atoms with Crippen molar-refractivity contribution in [3.8, 4) is 5.75 Å². The molecule has 0 spiro atoms. The summed E-state index contributed by atoms with van der Waals surface area (Å²) in [4.78, 5) is 0. The lowest BCUT2D eigenvalue weighted by molar-refractivity contribution is 0.422. The van der Waals surface area contributed by atoms with Gasteiger partial charge in [-0.3, -0.25) is 0 Å². The second-order valence-electron chi connectivity index (χ2n) is 4.07. The van der Waals surface area contributed by atoms with Crippen molar-refractivity contribution in [2.75, 3.05) is 5.73 Å². The summed E-state index contributed by atoms with van der Waals surface area (Å²) in [6.07, 6.45) is 10.5. The van der Waals surface area contributed by atoms with Crippen LogP contribution in [0.1, 0.15) is 5.56 Å². The highest BCUT2D eigenvalue weighted by Gasteiger charge is 2.20. The second kappa shape index (κ2) is 6.10. The van der Waals surface area contributed by atoms with Crippen molar-refractivity contribution in [3.63, 3.8) is 0 Å². The second-order valence-corrected chi connectivity index (χ2v) is 4.07. The molecule has 0 bridgehead atoms. The van der Waals surface area contributed by atoms with Crippen molar-refractivity contribution < 1.29 is 18.4 Å². The molecule has 1 aromatic rings. The van der Waals surface area contributed by atoms with Crippen LogP contribution in [0, 0.1) is 0 Å². The fourth-order valence-corrected chi connectivity index (χ4v) is 1.71. The van der Waals surface area contributed by atoms with Crippen LogP contribution < -0.4 is 10.4 Å². The maximum Gasteiger partial charge on any atom is 0.796 e. The molecule has 0 unspecified atom stereocenters. The molecule has 1 aliphatic carbocycles. The summed E-state index contributed by atoms with van der Waals surface area (Å²) < 4.78 is 29.0. The van der Waals surface area contributed by atoms with Gasteiger partial charge in [-0.2, -0.15) is 0 Å². The summed E-state index contributed by atoms with van der Waals surface area (Å²) in [5, 5.41) is 9.97. The summed E-state index contributed by atoms with van der Waals surface area (Å²) in [5.41, 5.74) is 6.84. The average Bonchev–Trinajstić information content (AvgIpc) is 2.88. The number of hydrogen-bond acceptors (Lipinski definition) is 3. The highest BCUT2D eigenvalue weighted by molar-refractivity contribution is 6.35. The van der Waals surface area contributed by atoms with E-state index in [1.54, 1.807) is 6.08 Å². The fraction of sp³-hybridized carbons (Fsp3) is 0. The molecule has 0 saturated heterocycles. The van der Waals surface area contributed by atoms with Gasteiger partial charge in [0.15, 0.2) is 0 Å². The van der Waals surface area contributed by atoms with Gasteiger partial charge in [0.25, 0.3) is 0 Å². The molecule has 20 heavy (non-hydrogen) atoms. The molecule has 1 aromatic carbocycles. The molecule has 0 aromatic heterocycles. The first kappa shape index (κ1) is 13.9. The summed E-state index contributed by atoms with van der Waals surface area (Å²) in [6, 6.07) is 4.17. The Morgan fingerprint density at radius 1 is 1.25 bits per heavy atom. The molecule has 0 radical (unpaired) electrons. The van der Waals surface area contributed by atoms with Crippen LogP contribution in [-0.2, 0) is 0 Å². The third kappa shape index (κ3) is 3.51. The first-order valence-corrected chi connectivity index (χ1v) is 5.86. The minimum Gasteiger partial charge on any atom is -0.507 e. The number of rotatable bonds is 4. The van der Waals surface area contributed by atoms with Gasteiger partial charge < -0.3 is 15.5 Å². The predicted octanol–water partition coefficient (Wildman–Crippen LogP) is 3.52. The Morgan fingerprint density at radius 2 is 1.95 bits per heavy atom. The van der Waals surface area contributed by atoms with E-state index < -0.39 is 7.47 Å². The minimum absolute atomic E-state index is 0.155. The number of nitrogen functional groups attached to an aromatic ring is 1.